The van der Waals surface area contributed by atoms with Crippen LogP contribution in [0.4, 0.5) is 4.79 Å². The van der Waals surface area contributed by atoms with Crippen molar-refractivity contribution in [2.75, 3.05) is 12.8 Å². The molecule has 18 heavy (non-hydrogen) atoms. The molecular formula is C11H16NO5P. The third-order valence-electron chi connectivity index (χ3n) is 2.19. The summed E-state index contributed by atoms with van der Waals surface area (Å²) in [5, 5.41) is 2.44. The van der Waals surface area contributed by atoms with Crippen LogP contribution in [0.15, 0.2) is 30.3 Å². The Morgan fingerprint density at radius 3 is 2.50 bits per heavy atom. The minimum atomic E-state index is -4.23. The molecule has 0 spiro atoms. The maximum atomic E-state index is 11.3. The van der Waals surface area contributed by atoms with E-state index < -0.39 is 25.9 Å². The highest BCUT2D eigenvalue weighted by Gasteiger charge is 2.24. The van der Waals surface area contributed by atoms with Gasteiger partial charge >= 0.3 is 13.7 Å². The molecule has 1 rings (SSSR count). The van der Waals surface area contributed by atoms with Gasteiger partial charge < -0.3 is 19.8 Å². The van der Waals surface area contributed by atoms with Gasteiger partial charge in [-0.25, -0.2) is 4.79 Å². The molecule has 7 heteroatoms. The molecule has 1 atom stereocenters. The second-order valence-electron chi connectivity index (χ2n) is 3.68. The maximum absolute atomic E-state index is 11.3. The van der Waals surface area contributed by atoms with Gasteiger partial charge in [0.05, 0.1) is 18.8 Å². The van der Waals surface area contributed by atoms with Crippen molar-refractivity contribution in [3.05, 3.63) is 35.9 Å². The van der Waals surface area contributed by atoms with Crippen molar-refractivity contribution in [2.45, 2.75) is 13.0 Å². The van der Waals surface area contributed by atoms with Gasteiger partial charge in [-0.3, -0.25) is 4.57 Å². The van der Waals surface area contributed by atoms with Gasteiger partial charge in [-0.1, -0.05) is 30.3 Å². The number of hydrogen-bond acceptors (Lipinski definition) is 3. The van der Waals surface area contributed by atoms with Crippen molar-refractivity contribution in [1.82, 2.24) is 5.32 Å². The average molecular weight is 273 g/mol. The molecule has 0 aliphatic carbocycles. The molecular weight excluding hydrogens is 257 g/mol. The zero-order valence-corrected chi connectivity index (χ0v) is 10.8. The molecule has 3 N–H and O–H groups in total. The van der Waals surface area contributed by atoms with Gasteiger partial charge in [-0.2, -0.15) is 0 Å². The number of rotatable bonds is 5. The van der Waals surface area contributed by atoms with Crippen LogP contribution >= 0.6 is 7.60 Å². The van der Waals surface area contributed by atoms with E-state index in [1.165, 1.54) is 0 Å². The molecule has 1 aromatic rings. The van der Waals surface area contributed by atoms with Crippen molar-refractivity contribution in [3.63, 3.8) is 0 Å². The molecule has 0 bridgehead atoms. The number of nitrogens with one attached hydrogen (secondary N) is 1. The molecule has 0 aliphatic heterocycles. The molecule has 0 heterocycles. The second-order valence-corrected chi connectivity index (χ2v) is 5.37. The minimum Gasteiger partial charge on any atom is -0.450 e. The third kappa shape index (κ3) is 5.31. The van der Waals surface area contributed by atoms with Crippen LogP contribution in [-0.4, -0.2) is 28.6 Å². The zero-order valence-electron chi connectivity index (χ0n) is 9.94. The predicted octanol–water partition coefficient (Wildman–Crippen LogP) is 1.65. The van der Waals surface area contributed by atoms with Gasteiger partial charge in [-0.15, -0.1) is 0 Å². The van der Waals surface area contributed by atoms with Gasteiger partial charge in [0, 0.05) is 0 Å². The Morgan fingerprint density at radius 1 is 1.39 bits per heavy atom. The summed E-state index contributed by atoms with van der Waals surface area (Å²) in [6.45, 7) is 1.85. The molecule has 0 radical (unpaired) electrons. The molecule has 0 saturated carbocycles. The summed E-state index contributed by atoms with van der Waals surface area (Å²) in [6, 6.07) is 7.84. The molecule has 100 valence electrons. The first-order valence-corrected chi connectivity index (χ1v) is 7.25. The van der Waals surface area contributed by atoms with Crippen LogP contribution in [-0.2, 0) is 9.30 Å². The molecule has 0 aliphatic rings. The average Bonchev–Trinajstić information content (AvgIpc) is 2.28. The van der Waals surface area contributed by atoms with Crippen molar-refractivity contribution in [1.29, 1.82) is 0 Å². The van der Waals surface area contributed by atoms with Crippen molar-refractivity contribution < 1.29 is 23.9 Å². The normalized spacial score (nSPS) is 12.8. The van der Waals surface area contributed by atoms with Crippen LogP contribution in [0.1, 0.15) is 18.5 Å². The minimum absolute atomic E-state index is 0.198. The molecule has 6 nitrogen and oxygen atoms in total. The lowest BCUT2D eigenvalue weighted by Crippen LogP contribution is -2.31. The lowest BCUT2D eigenvalue weighted by atomic mass is 10.1. The topological polar surface area (TPSA) is 95.9 Å². The summed E-state index contributed by atoms with van der Waals surface area (Å²) in [5.41, 5.74) is 0.619. The molecule has 0 saturated heterocycles. The van der Waals surface area contributed by atoms with E-state index in [4.69, 9.17) is 14.5 Å². The Hall–Kier alpha value is -1.36. The first kappa shape index (κ1) is 14.7. The summed E-state index contributed by atoms with van der Waals surface area (Å²) in [6.07, 6.45) is -1.16. The second kappa shape index (κ2) is 6.54. The van der Waals surface area contributed by atoms with E-state index in [2.05, 4.69) is 5.32 Å². The van der Waals surface area contributed by atoms with Crippen molar-refractivity contribution >= 4 is 13.7 Å². The van der Waals surface area contributed by atoms with Crippen LogP contribution in [0.5, 0.6) is 0 Å². The van der Waals surface area contributed by atoms with E-state index in [1.54, 1.807) is 37.3 Å². The highest BCUT2D eigenvalue weighted by atomic mass is 31.2. The lowest BCUT2D eigenvalue weighted by Gasteiger charge is -2.19. The van der Waals surface area contributed by atoms with Crippen LogP contribution in [0, 0.1) is 0 Å². The SMILES string of the molecule is CCOC(=O)NC(CP(=O)(O)O)c1ccccc1. The third-order valence-corrected chi connectivity index (χ3v) is 3.03. The summed E-state index contributed by atoms with van der Waals surface area (Å²) >= 11 is 0. The van der Waals surface area contributed by atoms with Crippen LogP contribution in [0.25, 0.3) is 0 Å². The number of alkyl carbamates (subject to hydrolysis) is 1. The standard InChI is InChI=1S/C11H16NO5P/c1-2-17-11(13)12-10(8-18(14,15)16)9-6-4-3-5-7-9/h3-7,10H,2,8H2,1H3,(H,12,13)(H2,14,15,16). The Bertz CT molecular complexity index is 430. The Labute approximate surface area is 105 Å². The highest BCUT2D eigenvalue weighted by Crippen LogP contribution is 2.39. The van der Waals surface area contributed by atoms with E-state index >= 15 is 0 Å². The first-order valence-electron chi connectivity index (χ1n) is 5.45. The van der Waals surface area contributed by atoms with Crippen LogP contribution in [0.2, 0.25) is 0 Å². The fourth-order valence-corrected chi connectivity index (χ4v) is 2.25. The summed E-state index contributed by atoms with van der Waals surface area (Å²) in [7, 11) is -4.23. The Morgan fingerprint density at radius 2 is 2.00 bits per heavy atom. The van der Waals surface area contributed by atoms with Crippen LogP contribution in [0.3, 0.4) is 0 Å². The Kier molecular flexibility index (Phi) is 5.34. The smallest absolute Gasteiger partial charge is 0.407 e. The molecule has 1 aromatic carbocycles. The van der Waals surface area contributed by atoms with E-state index in [9.17, 15) is 9.36 Å². The quantitative estimate of drug-likeness (QED) is 0.709. The molecule has 0 fully saturated rings. The van der Waals surface area contributed by atoms with Crippen molar-refractivity contribution in [3.8, 4) is 0 Å². The van der Waals surface area contributed by atoms with E-state index in [0.717, 1.165) is 0 Å². The zero-order chi connectivity index (χ0) is 13.6. The summed E-state index contributed by atoms with van der Waals surface area (Å²) in [5.74, 6) is 0. The molecule has 1 amide bonds. The largest absolute Gasteiger partial charge is 0.450 e. The molecule has 0 aromatic heterocycles. The number of amides is 1. The van der Waals surface area contributed by atoms with Crippen LogP contribution < -0.4 is 5.32 Å². The number of benzene rings is 1. The summed E-state index contributed by atoms with van der Waals surface area (Å²) < 4.78 is 15.8. The first-order chi connectivity index (χ1) is 8.42. The number of carbonyl (C=O) groups excluding carboxylic acids is 1. The van der Waals surface area contributed by atoms with Gasteiger partial charge in [0.15, 0.2) is 0 Å². The van der Waals surface area contributed by atoms with Gasteiger partial charge in [0.25, 0.3) is 0 Å². The summed E-state index contributed by atoms with van der Waals surface area (Å²) in [4.78, 5) is 29.3. The van der Waals surface area contributed by atoms with Gasteiger partial charge in [-0.05, 0) is 12.5 Å². The predicted molar refractivity (Wildman–Crippen MR) is 66.3 cm³/mol. The van der Waals surface area contributed by atoms with Gasteiger partial charge in [0.1, 0.15) is 0 Å². The number of ether oxygens (including phenoxy) is 1. The number of carbonyl (C=O) groups is 1. The molecule has 1 unspecified atom stereocenters. The Balaban J connectivity index is 2.82. The number of hydrogen-bond donors (Lipinski definition) is 3. The van der Waals surface area contributed by atoms with Crippen molar-refractivity contribution in [2.24, 2.45) is 0 Å². The fraction of sp³-hybridized carbons (Fsp3) is 0.364. The van der Waals surface area contributed by atoms with Gasteiger partial charge in [0.2, 0.25) is 0 Å². The lowest BCUT2D eigenvalue weighted by molar-refractivity contribution is 0.148. The highest BCUT2D eigenvalue weighted by molar-refractivity contribution is 7.51. The van der Waals surface area contributed by atoms with E-state index in [0.29, 0.717) is 5.56 Å². The maximum Gasteiger partial charge on any atom is 0.407 e. The fourth-order valence-electron chi connectivity index (χ4n) is 1.47. The van der Waals surface area contributed by atoms with E-state index in [-0.39, 0.29) is 6.61 Å². The monoisotopic (exact) mass is 273 g/mol. The van der Waals surface area contributed by atoms with E-state index in [1.807, 2.05) is 0 Å².